The molecule has 0 radical (unpaired) electrons. The predicted octanol–water partition coefficient (Wildman–Crippen LogP) is 4.03. The van der Waals surface area contributed by atoms with E-state index in [1.807, 2.05) is 60.7 Å². The number of nitrogens with zero attached hydrogens (tertiary/aromatic N) is 2. The van der Waals surface area contributed by atoms with Crippen molar-refractivity contribution in [3.63, 3.8) is 0 Å². The van der Waals surface area contributed by atoms with Gasteiger partial charge in [0, 0.05) is 18.0 Å². The van der Waals surface area contributed by atoms with Crippen LogP contribution < -0.4 is 11.1 Å². The van der Waals surface area contributed by atoms with E-state index in [2.05, 4.69) is 15.5 Å². The number of hydrogen-bond donors (Lipinski definition) is 2. The molecule has 1 amide bonds. The zero-order valence-corrected chi connectivity index (χ0v) is 15.7. The van der Waals surface area contributed by atoms with E-state index < -0.39 is 0 Å². The molecule has 0 spiro atoms. The number of amides is 1. The summed E-state index contributed by atoms with van der Waals surface area (Å²) in [6, 6.07) is 23.2. The highest BCUT2D eigenvalue weighted by Crippen LogP contribution is 2.28. The van der Waals surface area contributed by atoms with E-state index in [0.717, 1.165) is 11.1 Å². The first-order valence-electron chi connectivity index (χ1n) is 9.27. The summed E-state index contributed by atoms with van der Waals surface area (Å²) in [6.07, 6.45) is 3.91. The van der Waals surface area contributed by atoms with E-state index in [1.165, 1.54) is 0 Å². The lowest BCUT2D eigenvalue weighted by atomic mass is 9.98. The second-order valence-electron chi connectivity index (χ2n) is 6.64. The lowest BCUT2D eigenvalue weighted by Crippen LogP contribution is -2.30. The Balaban J connectivity index is 1.65. The lowest BCUT2D eigenvalue weighted by molar-refractivity contribution is 0.0937. The van der Waals surface area contributed by atoms with E-state index in [4.69, 9.17) is 10.3 Å². The number of rotatable bonds is 6. The monoisotopic (exact) mass is 384 g/mol. The molecule has 0 saturated heterocycles. The first-order valence-corrected chi connectivity index (χ1v) is 9.27. The predicted molar refractivity (Wildman–Crippen MR) is 111 cm³/mol. The molecule has 2 heterocycles. The number of carbonyl (C=O) groups is 1. The molecule has 6 heteroatoms. The number of aromatic nitrogens is 2. The SMILES string of the molecule is Nc1onc(-c2cccnc2)c1C(=O)NC(Cc1ccccc1)c1ccccc1. The minimum absolute atomic E-state index is 0.0205. The van der Waals surface area contributed by atoms with Crippen molar-refractivity contribution >= 4 is 11.8 Å². The van der Waals surface area contributed by atoms with Crippen molar-refractivity contribution in [2.75, 3.05) is 5.73 Å². The van der Waals surface area contributed by atoms with Crippen LogP contribution in [0.3, 0.4) is 0 Å². The van der Waals surface area contributed by atoms with E-state index >= 15 is 0 Å². The van der Waals surface area contributed by atoms with Crippen LogP contribution in [0.4, 0.5) is 5.88 Å². The summed E-state index contributed by atoms with van der Waals surface area (Å²) in [4.78, 5) is 17.3. The van der Waals surface area contributed by atoms with Gasteiger partial charge in [0.25, 0.3) is 5.91 Å². The van der Waals surface area contributed by atoms with Crippen molar-refractivity contribution in [1.29, 1.82) is 0 Å². The van der Waals surface area contributed by atoms with Crippen LogP contribution in [0.1, 0.15) is 27.5 Å². The fourth-order valence-corrected chi connectivity index (χ4v) is 3.24. The fourth-order valence-electron chi connectivity index (χ4n) is 3.24. The number of nitrogen functional groups attached to an aromatic ring is 1. The van der Waals surface area contributed by atoms with Gasteiger partial charge in [-0.25, -0.2) is 0 Å². The standard InChI is InChI=1S/C23H20N4O2/c24-22-20(21(27-29-22)18-12-7-13-25-15-18)23(28)26-19(17-10-5-2-6-11-17)14-16-8-3-1-4-9-16/h1-13,15,19H,14,24H2,(H,26,28). The topological polar surface area (TPSA) is 94.0 Å². The molecule has 1 atom stereocenters. The van der Waals surface area contributed by atoms with Crippen LogP contribution in [0, 0.1) is 0 Å². The van der Waals surface area contributed by atoms with E-state index in [-0.39, 0.29) is 23.4 Å². The summed E-state index contributed by atoms with van der Waals surface area (Å²) in [7, 11) is 0. The van der Waals surface area contributed by atoms with Crippen molar-refractivity contribution in [2.24, 2.45) is 0 Å². The Labute approximate surface area is 168 Å². The second kappa shape index (κ2) is 8.39. The highest BCUT2D eigenvalue weighted by molar-refractivity contribution is 6.03. The van der Waals surface area contributed by atoms with Crippen molar-refractivity contribution in [3.8, 4) is 11.3 Å². The molecule has 0 aliphatic rings. The van der Waals surface area contributed by atoms with Crippen molar-refractivity contribution in [3.05, 3.63) is 102 Å². The number of carbonyl (C=O) groups excluding carboxylic acids is 1. The zero-order chi connectivity index (χ0) is 20.1. The van der Waals surface area contributed by atoms with Gasteiger partial charge in [0.1, 0.15) is 11.3 Å². The summed E-state index contributed by atoms with van der Waals surface area (Å²) in [5.41, 5.74) is 9.31. The molecule has 2 aromatic heterocycles. The van der Waals surface area contributed by atoms with Crippen LogP contribution >= 0.6 is 0 Å². The molecular weight excluding hydrogens is 364 g/mol. The molecule has 0 aliphatic carbocycles. The average molecular weight is 384 g/mol. The molecule has 1 unspecified atom stereocenters. The van der Waals surface area contributed by atoms with Gasteiger partial charge in [0.2, 0.25) is 5.88 Å². The summed E-state index contributed by atoms with van der Waals surface area (Å²) >= 11 is 0. The summed E-state index contributed by atoms with van der Waals surface area (Å²) in [5.74, 6) is -0.361. The van der Waals surface area contributed by atoms with Crippen molar-refractivity contribution in [1.82, 2.24) is 15.5 Å². The Morgan fingerprint density at radius 1 is 1.00 bits per heavy atom. The highest BCUT2D eigenvalue weighted by Gasteiger charge is 2.25. The Bertz CT molecular complexity index is 1080. The maximum atomic E-state index is 13.2. The third-order valence-electron chi connectivity index (χ3n) is 4.67. The molecule has 2 aromatic carbocycles. The third kappa shape index (κ3) is 4.16. The van der Waals surface area contributed by atoms with Gasteiger partial charge in [-0.2, -0.15) is 0 Å². The van der Waals surface area contributed by atoms with Crippen LogP contribution in [-0.4, -0.2) is 16.0 Å². The molecule has 3 N–H and O–H groups in total. The number of anilines is 1. The Morgan fingerprint density at radius 3 is 2.41 bits per heavy atom. The number of hydrogen-bond acceptors (Lipinski definition) is 5. The first kappa shape index (κ1) is 18.4. The molecule has 0 bridgehead atoms. The van der Waals surface area contributed by atoms with Gasteiger partial charge in [-0.3, -0.25) is 9.78 Å². The van der Waals surface area contributed by atoms with Crippen molar-refractivity contribution in [2.45, 2.75) is 12.5 Å². The van der Waals surface area contributed by atoms with Crippen LogP contribution in [0.25, 0.3) is 11.3 Å². The molecule has 4 rings (SSSR count). The quantitative estimate of drug-likeness (QED) is 0.523. The Morgan fingerprint density at radius 2 is 1.72 bits per heavy atom. The Kier molecular flexibility index (Phi) is 5.33. The third-order valence-corrected chi connectivity index (χ3v) is 4.67. The normalized spacial score (nSPS) is 11.7. The molecular formula is C23H20N4O2. The van der Waals surface area contributed by atoms with Gasteiger partial charge in [-0.1, -0.05) is 65.8 Å². The van der Waals surface area contributed by atoms with Gasteiger partial charge in [-0.05, 0) is 29.7 Å². The van der Waals surface area contributed by atoms with Crippen LogP contribution in [0.5, 0.6) is 0 Å². The number of pyridine rings is 1. The lowest BCUT2D eigenvalue weighted by Gasteiger charge is -2.19. The Hall–Kier alpha value is -3.93. The number of benzene rings is 2. The van der Waals surface area contributed by atoms with E-state index in [9.17, 15) is 4.79 Å². The van der Waals surface area contributed by atoms with Gasteiger partial charge in [0.05, 0.1) is 6.04 Å². The molecule has 29 heavy (non-hydrogen) atoms. The maximum absolute atomic E-state index is 13.2. The molecule has 0 aliphatic heterocycles. The van der Waals surface area contributed by atoms with E-state index in [1.54, 1.807) is 24.5 Å². The smallest absolute Gasteiger partial charge is 0.259 e. The van der Waals surface area contributed by atoms with Crippen LogP contribution in [-0.2, 0) is 6.42 Å². The minimum Gasteiger partial charge on any atom is -0.367 e. The molecule has 4 aromatic rings. The average Bonchev–Trinajstić information content (AvgIpc) is 3.17. The van der Waals surface area contributed by atoms with Gasteiger partial charge < -0.3 is 15.6 Å². The molecule has 6 nitrogen and oxygen atoms in total. The van der Waals surface area contributed by atoms with Gasteiger partial charge in [-0.15, -0.1) is 0 Å². The van der Waals surface area contributed by atoms with Gasteiger partial charge >= 0.3 is 0 Å². The van der Waals surface area contributed by atoms with Crippen LogP contribution in [0.2, 0.25) is 0 Å². The number of nitrogens with one attached hydrogen (secondary N) is 1. The summed E-state index contributed by atoms with van der Waals surface area (Å²) in [5, 5.41) is 7.07. The largest absolute Gasteiger partial charge is 0.367 e. The van der Waals surface area contributed by atoms with Crippen molar-refractivity contribution < 1.29 is 9.32 Å². The minimum atomic E-state index is -0.340. The van der Waals surface area contributed by atoms with E-state index in [0.29, 0.717) is 17.7 Å². The number of nitrogens with two attached hydrogens (primary N) is 1. The second-order valence-corrected chi connectivity index (χ2v) is 6.64. The summed E-state index contributed by atoms with van der Waals surface area (Å²) in [6.45, 7) is 0. The molecule has 0 fully saturated rings. The van der Waals surface area contributed by atoms with Crippen LogP contribution in [0.15, 0.2) is 89.7 Å². The maximum Gasteiger partial charge on any atom is 0.259 e. The van der Waals surface area contributed by atoms with Gasteiger partial charge in [0.15, 0.2) is 0 Å². The zero-order valence-electron chi connectivity index (χ0n) is 15.7. The molecule has 144 valence electrons. The first-order chi connectivity index (χ1) is 14.2. The highest BCUT2D eigenvalue weighted by atomic mass is 16.5. The summed E-state index contributed by atoms with van der Waals surface area (Å²) < 4.78 is 5.12. The fraction of sp³-hybridized carbons (Fsp3) is 0.0870. The molecule has 0 saturated carbocycles.